The van der Waals surface area contributed by atoms with E-state index < -0.39 is 0 Å². The van der Waals surface area contributed by atoms with Gasteiger partial charge in [0, 0.05) is 12.8 Å². The number of epoxide rings is 1. The molecule has 1 spiro atoms. The molecule has 0 aromatic heterocycles. The lowest BCUT2D eigenvalue weighted by Gasteiger charge is -2.32. The smallest absolute Gasteiger partial charge is 0.171 e. The fourth-order valence-corrected chi connectivity index (χ4v) is 3.28. The molecular formula is C14H16O3. The lowest BCUT2D eigenvalue weighted by atomic mass is 9.81. The Balaban J connectivity index is 1.58. The molecule has 2 aliphatic heterocycles. The van der Waals surface area contributed by atoms with Gasteiger partial charge in [0.25, 0.3) is 0 Å². The third kappa shape index (κ3) is 1.39. The lowest BCUT2D eigenvalue weighted by molar-refractivity contribution is -0.175. The molecule has 0 amide bonds. The van der Waals surface area contributed by atoms with E-state index in [1.807, 2.05) is 6.07 Å². The molecule has 90 valence electrons. The third-order valence-corrected chi connectivity index (χ3v) is 4.27. The monoisotopic (exact) mass is 232 g/mol. The molecule has 1 aromatic rings. The maximum absolute atomic E-state index is 5.98. The zero-order valence-corrected chi connectivity index (χ0v) is 9.72. The van der Waals surface area contributed by atoms with Crippen molar-refractivity contribution in [3.05, 3.63) is 35.9 Å². The van der Waals surface area contributed by atoms with Crippen LogP contribution in [0.4, 0.5) is 0 Å². The van der Waals surface area contributed by atoms with Crippen molar-refractivity contribution in [2.24, 2.45) is 0 Å². The molecule has 1 saturated carbocycles. The molecule has 2 unspecified atom stereocenters. The van der Waals surface area contributed by atoms with Gasteiger partial charge in [-0.25, -0.2) is 0 Å². The highest BCUT2D eigenvalue weighted by Gasteiger charge is 2.64. The van der Waals surface area contributed by atoms with Crippen molar-refractivity contribution in [2.75, 3.05) is 13.2 Å². The maximum Gasteiger partial charge on any atom is 0.171 e. The minimum atomic E-state index is -0.334. The predicted molar refractivity (Wildman–Crippen MR) is 61.5 cm³/mol. The summed E-state index contributed by atoms with van der Waals surface area (Å²) >= 11 is 0. The molecule has 3 fully saturated rings. The Morgan fingerprint density at radius 2 is 1.76 bits per heavy atom. The molecule has 2 heterocycles. The zero-order valence-electron chi connectivity index (χ0n) is 9.72. The first-order chi connectivity index (χ1) is 8.33. The van der Waals surface area contributed by atoms with Crippen molar-refractivity contribution in [2.45, 2.75) is 36.8 Å². The van der Waals surface area contributed by atoms with E-state index in [4.69, 9.17) is 14.2 Å². The van der Waals surface area contributed by atoms with Crippen LogP contribution in [0.25, 0.3) is 0 Å². The van der Waals surface area contributed by atoms with Crippen LogP contribution in [0.5, 0.6) is 0 Å². The van der Waals surface area contributed by atoms with Crippen LogP contribution in [0.3, 0.4) is 0 Å². The first-order valence-electron chi connectivity index (χ1n) is 6.34. The van der Waals surface area contributed by atoms with Gasteiger partial charge in [-0.15, -0.1) is 0 Å². The lowest BCUT2D eigenvalue weighted by Crippen LogP contribution is -2.38. The van der Waals surface area contributed by atoms with Gasteiger partial charge < -0.3 is 14.2 Å². The van der Waals surface area contributed by atoms with Crippen molar-refractivity contribution in [3.8, 4) is 0 Å². The summed E-state index contributed by atoms with van der Waals surface area (Å²) < 4.78 is 17.5. The summed E-state index contributed by atoms with van der Waals surface area (Å²) in [6, 6.07) is 10.5. The van der Waals surface area contributed by atoms with Crippen LogP contribution in [-0.2, 0) is 19.8 Å². The topological polar surface area (TPSA) is 31.0 Å². The van der Waals surface area contributed by atoms with Crippen molar-refractivity contribution in [1.29, 1.82) is 0 Å². The molecule has 2 saturated heterocycles. The molecule has 0 N–H and O–H groups in total. The second kappa shape index (κ2) is 3.31. The zero-order chi connectivity index (χ0) is 11.3. The van der Waals surface area contributed by atoms with Crippen LogP contribution in [-0.4, -0.2) is 25.1 Å². The number of ether oxygens (including phenoxy) is 3. The van der Waals surface area contributed by atoms with Crippen molar-refractivity contribution in [1.82, 2.24) is 0 Å². The Labute approximate surface area is 101 Å². The van der Waals surface area contributed by atoms with E-state index in [1.54, 1.807) is 0 Å². The Morgan fingerprint density at radius 1 is 1.00 bits per heavy atom. The first kappa shape index (κ1) is 10.1. The van der Waals surface area contributed by atoms with Crippen molar-refractivity contribution in [3.63, 3.8) is 0 Å². The van der Waals surface area contributed by atoms with E-state index in [1.165, 1.54) is 5.56 Å². The molecule has 17 heavy (non-hydrogen) atoms. The molecule has 2 atom stereocenters. The van der Waals surface area contributed by atoms with E-state index >= 15 is 0 Å². The molecule has 3 nitrogen and oxygen atoms in total. The summed E-state index contributed by atoms with van der Waals surface area (Å²) in [6.45, 7) is 1.45. The van der Waals surface area contributed by atoms with E-state index in [0.29, 0.717) is 0 Å². The molecule has 3 heteroatoms. The predicted octanol–water partition coefficient (Wildman–Crippen LogP) is 2.21. The van der Waals surface area contributed by atoms with Gasteiger partial charge in [-0.3, -0.25) is 0 Å². The number of fused-ring (bicyclic) bond motifs is 1. The Kier molecular flexibility index (Phi) is 1.96. The van der Waals surface area contributed by atoms with Crippen LogP contribution in [0.15, 0.2) is 30.3 Å². The van der Waals surface area contributed by atoms with E-state index in [9.17, 15) is 0 Å². The van der Waals surface area contributed by atoms with Crippen LogP contribution in [0.2, 0.25) is 0 Å². The SMILES string of the molecule is c1ccc(C23CCC4(CC2O3)OCCO4)cc1. The van der Waals surface area contributed by atoms with Crippen LogP contribution in [0.1, 0.15) is 24.8 Å². The summed E-state index contributed by atoms with van der Waals surface area (Å²) in [5.74, 6) is -0.334. The number of hydrogen-bond acceptors (Lipinski definition) is 3. The van der Waals surface area contributed by atoms with Gasteiger partial charge in [0.1, 0.15) is 5.60 Å². The van der Waals surface area contributed by atoms with Crippen LogP contribution < -0.4 is 0 Å². The average Bonchev–Trinajstić information content (AvgIpc) is 2.94. The highest BCUT2D eigenvalue weighted by atomic mass is 16.7. The number of hydrogen-bond donors (Lipinski definition) is 0. The van der Waals surface area contributed by atoms with Gasteiger partial charge in [-0.05, 0) is 12.0 Å². The van der Waals surface area contributed by atoms with Crippen molar-refractivity contribution >= 4 is 0 Å². The standard InChI is InChI=1S/C14H16O3/c1-2-4-11(5-3-1)14-7-6-13(10-12(14)17-14)15-8-9-16-13/h1-5,12H,6-10H2. The molecule has 1 aromatic carbocycles. The molecule has 0 bridgehead atoms. The fourth-order valence-electron chi connectivity index (χ4n) is 3.28. The van der Waals surface area contributed by atoms with E-state index in [2.05, 4.69) is 24.3 Å². The molecular weight excluding hydrogens is 216 g/mol. The second-order valence-electron chi connectivity index (χ2n) is 5.17. The van der Waals surface area contributed by atoms with Gasteiger partial charge in [-0.2, -0.15) is 0 Å². The minimum Gasteiger partial charge on any atom is -0.361 e. The largest absolute Gasteiger partial charge is 0.361 e. The third-order valence-electron chi connectivity index (χ3n) is 4.27. The molecule has 0 radical (unpaired) electrons. The summed E-state index contributed by atoms with van der Waals surface area (Å²) in [4.78, 5) is 0. The number of benzene rings is 1. The molecule has 3 aliphatic rings. The first-order valence-corrected chi connectivity index (χ1v) is 6.34. The van der Waals surface area contributed by atoms with Gasteiger partial charge >= 0.3 is 0 Å². The summed E-state index contributed by atoms with van der Waals surface area (Å²) in [7, 11) is 0. The fraction of sp³-hybridized carbons (Fsp3) is 0.571. The van der Waals surface area contributed by atoms with Crippen molar-refractivity contribution < 1.29 is 14.2 Å². The Bertz CT molecular complexity index is 424. The Hall–Kier alpha value is -0.900. The van der Waals surface area contributed by atoms with E-state index in [-0.39, 0.29) is 17.5 Å². The second-order valence-corrected chi connectivity index (χ2v) is 5.17. The summed E-state index contributed by atoms with van der Waals surface area (Å²) in [6.07, 6.45) is 3.10. The van der Waals surface area contributed by atoms with Gasteiger partial charge in [0.15, 0.2) is 5.79 Å². The number of rotatable bonds is 1. The van der Waals surface area contributed by atoms with E-state index in [0.717, 1.165) is 32.5 Å². The van der Waals surface area contributed by atoms with Crippen LogP contribution >= 0.6 is 0 Å². The summed E-state index contributed by atoms with van der Waals surface area (Å²) in [5, 5.41) is 0. The van der Waals surface area contributed by atoms with Gasteiger partial charge in [0.05, 0.1) is 19.3 Å². The normalized spacial score (nSPS) is 38.0. The van der Waals surface area contributed by atoms with Gasteiger partial charge in [0.2, 0.25) is 0 Å². The molecule has 4 rings (SSSR count). The highest BCUT2D eigenvalue weighted by molar-refractivity contribution is 5.31. The minimum absolute atomic E-state index is 0.0399. The Morgan fingerprint density at radius 3 is 2.47 bits per heavy atom. The van der Waals surface area contributed by atoms with Gasteiger partial charge in [-0.1, -0.05) is 30.3 Å². The quantitative estimate of drug-likeness (QED) is 0.695. The average molecular weight is 232 g/mol. The maximum atomic E-state index is 5.98. The van der Waals surface area contributed by atoms with Crippen LogP contribution in [0, 0.1) is 0 Å². The molecule has 1 aliphatic carbocycles. The summed E-state index contributed by atoms with van der Waals surface area (Å²) in [5.41, 5.74) is 1.26. The highest BCUT2D eigenvalue weighted by Crippen LogP contribution is 2.58.